The molecule has 3 atom stereocenters. The minimum atomic E-state index is 0.331. The topological polar surface area (TPSA) is 29.3 Å². The van der Waals surface area contributed by atoms with Crippen molar-refractivity contribution in [3.63, 3.8) is 0 Å². The second kappa shape index (κ2) is 6.58. The Morgan fingerprint density at radius 1 is 1.11 bits per heavy atom. The van der Waals surface area contributed by atoms with Gasteiger partial charge in [0.2, 0.25) is 0 Å². The molecule has 2 rings (SSSR count). The normalized spacial score (nSPS) is 36.9. The van der Waals surface area contributed by atoms with Crippen molar-refractivity contribution in [1.82, 2.24) is 4.90 Å². The van der Waals surface area contributed by atoms with E-state index in [0.717, 1.165) is 5.92 Å². The summed E-state index contributed by atoms with van der Waals surface area (Å²) in [4.78, 5) is 2.74. The summed E-state index contributed by atoms with van der Waals surface area (Å²) in [6.45, 7) is 9.62. The Morgan fingerprint density at radius 2 is 1.89 bits per heavy atom. The predicted octanol–water partition coefficient (Wildman–Crippen LogP) is 3.79. The largest absolute Gasteiger partial charge is 0.326 e. The van der Waals surface area contributed by atoms with E-state index in [1.54, 1.807) is 0 Å². The third-order valence-corrected chi connectivity index (χ3v) is 5.69. The molecule has 0 bridgehead atoms. The number of nitrogens with zero attached hydrogens (tertiary/aromatic N) is 1. The van der Waals surface area contributed by atoms with Gasteiger partial charge in [0.05, 0.1) is 0 Å². The van der Waals surface area contributed by atoms with Gasteiger partial charge in [0.1, 0.15) is 0 Å². The first-order valence-electron chi connectivity index (χ1n) is 8.54. The summed E-state index contributed by atoms with van der Waals surface area (Å²) in [6, 6.07) is 1.01. The lowest BCUT2D eigenvalue weighted by Crippen LogP contribution is -2.57. The van der Waals surface area contributed by atoms with Crippen molar-refractivity contribution in [3.8, 4) is 0 Å². The van der Waals surface area contributed by atoms with Crippen molar-refractivity contribution >= 4 is 0 Å². The Balaban J connectivity index is 1.94. The van der Waals surface area contributed by atoms with Gasteiger partial charge in [-0.15, -0.1) is 0 Å². The zero-order valence-corrected chi connectivity index (χ0v) is 13.3. The van der Waals surface area contributed by atoms with Crippen LogP contribution in [-0.2, 0) is 0 Å². The SMILES string of the molecule is CCCC1CCCN(C2CCCC(C)(C)C2N)CC1. The van der Waals surface area contributed by atoms with Gasteiger partial charge in [0.25, 0.3) is 0 Å². The van der Waals surface area contributed by atoms with Crippen LogP contribution in [0.25, 0.3) is 0 Å². The molecule has 1 heterocycles. The Bertz CT molecular complexity index is 274. The molecule has 2 aliphatic rings. The second-order valence-electron chi connectivity index (χ2n) is 7.60. The Labute approximate surface area is 120 Å². The first-order valence-corrected chi connectivity index (χ1v) is 8.54. The highest BCUT2D eigenvalue weighted by molar-refractivity contribution is 4.96. The van der Waals surface area contributed by atoms with Gasteiger partial charge in [-0.05, 0) is 56.5 Å². The number of hydrogen-bond acceptors (Lipinski definition) is 2. The fourth-order valence-corrected chi connectivity index (χ4v) is 4.26. The summed E-state index contributed by atoms with van der Waals surface area (Å²) in [5.74, 6) is 0.975. The molecule has 112 valence electrons. The molecule has 3 unspecified atom stereocenters. The van der Waals surface area contributed by atoms with Crippen molar-refractivity contribution in [3.05, 3.63) is 0 Å². The van der Waals surface area contributed by atoms with E-state index in [1.807, 2.05) is 0 Å². The van der Waals surface area contributed by atoms with Crippen LogP contribution in [0, 0.1) is 11.3 Å². The van der Waals surface area contributed by atoms with E-state index in [-0.39, 0.29) is 0 Å². The van der Waals surface area contributed by atoms with E-state index in [2.05, 4.69) is 25.7 Å². The lowest BCUT2D eigenvalue weighted by Gasteiger charge is -2.46. The summed E-state index contributed by atoms with van der Waals surface area (Å²) in [5, 5.41) is 0. The maximum absolute atomic E-state index is 6.59. The van der Waals surface area contributed by atoms with Gasteiger partial charge in [-0.3, -0.25) is 4.90 Å². The minimum absolute atomic E-state index is 0.331. The summed E-state index contributed by atoms with van der Waals surface area (Å²) in [6.07, 6.45) is 11.0. The highest BCUT2D eigenvalue weighted by Crippen LogP contribution is 2.37. The van der Waals surface area contributed by atoms with Crippen LogP contribution in [0.4, 0.5) is 0 Å². The lowest BCUT2D eigenvalue weighted by atomic mass is 9.70. The number of hydrogen-bond donors (Lipinski definition) is 1. The van der Waals surface area contributed by atoms with Crippen LogP contribution >= 0.6 is 0 Å². The van der Waals surface area contributed by atoms with E-state index in [1.165, 1.54) is 64.5 Å². The Kier molecular flexibility index (Phi) is 5.30. The zero-order valence-electron chi connectivity index (χ0n) is 13.3. The molecule has 0 radical (unpaired) electrons. The van der Waals surface area contributed by atoms with E-state index in [4.69, 9.17) is 5.73 Å². The molecule has 0 amide bonds. The van der Waals surface area contributed by atoms with Gasteiger partial charge >= 0.3 is 0 Å². The highest BCUT2D eigenvalue weighted by Gasteiger charge is 2.39. The van der Waals surface area contributed by atoms with E-state index < -0.39 is 0 Å². The van der Waals surface area contributed by atoms with Crippen molar-refractivity contribution in [1.29, 1.82) is 0 Å². The zero-order chi connectivity index (χ0) is 13.9. The first-order chi connectivity index (χ1) is 9.04. The van der Waals surface area contributed by atoms with Gasteiger partial charge < -0.3 is 5.73 Å². The van der Waals surface area contributed by atoms with E-state index >= 15 is 0 Å². The fraction of sp³-hybridized carbons (Fsp3) is 1.00. The van der Waals surface area contributed by atoms with Gasteiger partial charge in [-0.2, -0.15) is 0 Å². The van der Waals surface area contributed by atoms with E-state index in [9.17, 15) is 0 Å². The van der Waals surface area contributed by atoms with Crippen LogP contribution in [-0.4, -0.2) is 30.1 Å². The van der Waals surface area contributed by atoms with Crippen LogP contribution in [0.1, 0.15) is 72.1 Å². The number of nitrogens with two attached hydrogens (primary N) is 1. The molecular weight excluding hydrogens is 232 g/mol. The molecule has 1 saturated carbocycles. The summed E-state index contributed by atoms with van der Waals surface area (Å²) < 4.78 is 0. The molecule has 2 fully saturated rings. The summed E-state index contributed by atoms with van der Waals surface area (Å²) in [5.41, 5.74) is 6.92. The predicted molar refractivity (Wildman–Crippen MR) is 83.2 cm³/mol. The second-order valence-corrected chi connectivity index (χ2v) is 7.60. The van der Waals surface area contributed by atoms with Crippen LogP contribution in [0.3, 0.4) is 0 Å². The molecular formula is C17H34N2. The molecule has 19 heavy (non-hydrogen) atoms. The van der Waals surface area contributed by atoms with Crippen molar-refractivity contribution in [2.75, 3.05) is 13.1 Å². The minimum Gasteiger partial charge on any atom is -0.326 e. The molecule has 2 N–H and O–H groups in total. The average Bonchev–Trinajstić information content (AvgIpc) is 2.59. The monoisotopic (exact) mass is 266 g/mol. The molecule has 0 aromatic rings. The highest BCUT2D eigenvalue weighted by atomic mass is 15.2. The van der Waals surface area contributed by atoms with Crippen LogP contribution in [0.15, 0.2) is 0 Å². The maximum atomic E-state index is 6.59. The molecule has 1 aliphatic heterocycles. The molecule has 1 aliphatic carbocycles. The van der Waals surface area contributed by atoms with Gasteiger partial charge in [0.15, 0.2) is 0 Å². The molecule has 2 nitrogen and oxygen atoms in total. The Hall–Kier alpha value is -0.0800. The summed E-state index contributed by atoms with van der Waals surface area (Å²) in [7, 11) is 0. The smallest absolute Gasteiger partial charge is 0.0252 e. The molecule has 1 saturated heterocycles. The first kappa shape index (κ1) is 15.3. The standard InChI is InChI=1S/C17H34N2/c1-4-7-14-8-6-12-19(13-10-14)15-9-5-11-17(2,3)16(15)18/h14-16H,4-13,18H2,1-3H3. The number of likely N-dealkylation sites (tertiary alicyclic amines) is 1. The van der Waals surface area contributed by atoms with Crippen molar-refractivity contribution < 1.29 is 0 Å². The fourth-order valence-electron chi connectivity index (χ4n) is 4.26. The Morgan fingerprint density at radius 3 is 2.63 bits per heavy atom. The van der Waals surface area contributed by atoms with Gasteiger partial charge in [-0.1, -0.05) is 40.0 Å². The molecule has 0 aromatic carbocycles. The molecule has 0 aromatic heterocycles. The van der Waals surface area contributed by atoms with Gasteiger partial charge in [0, 0.05) is 12.1 Å². The maximum Gasteiger partial charge on any atom is 0.0252 e. The quantitative estimate of drug-likeness (QED) is 0.842. The van der Waals surface area contributed by atoms with E-state index in [0.29, 0.717) is 17.5 Å². The van der Waals surface area contributed by atoms with Gasteiger partial charge in [-0.25, -0.2) is 0 Å². The van der Waals surface area contributed by atoms with Crippen molar-refractivity contribution in [2.45, 2.75) is 84.2 Å². The molecule has 2 heteroatoms. The van der Waals surface area contributed by atoms with Crippen LogP contribution in [0.5, 0.6) is 0 Å². The average molecular weight is 266 g/mol. The molecule has 0 spiro atoms. The van der Waals surface area contributed by atoms with Crippen molar-refractivity contribution in [2.24, 2.45) is 17.1 Å². The van der Waals surface area contributed by atoms with Crippen LogP contribution < -0.4 is 5.73 Å². The van der Waals surface area contributed by atoms with Crippen LogP contribution in [0.2, 0.25) is 0 Å². The third kappa shape index (κ3) is 3.72. The lowest BCUT2D eigenvalue weighted by molar-refractivity contribution is 0.0693. The summed E-state index contributed by atoms with van der Waals surface area (Å²) >= 11 is 0. The third-order valence-electron chi connectivity index (χ3n) is 5.69. The number of rotatable bonds is 3.